The minimum atomic E-state index is -0.933. The average molecular weight is 406 g/mol. The van der Waals surface area contributed by atoms with Gasteiger partial charge in [0.25, 0.3) is 5.91 Å². The van der Waals surface area contributed by atoms with Crippen LogP contribution >= 0.6 is 0 Å². The van der Waals surface area contributed by atoms with E-state index in [1.165, 1.54) is 0 Å². The quantitative estimate of drug-likeness (QED) is 0.545. The summed E-state index contributed by atoms with van der Waals surface area (Å²) in [6.07, 6.45) is 2.50. The van der Waals surface area contributed by atoms with Crippen molar-refractivity contribution in [2.75, 3.05) is 31.5 Å². The number of H-pyrrole nitrogens is 1. The highest BCUT2D eigenvalue weighted by Crippen LogP contribution is 2.31. The third kappa shape index (κ3) is 3.90. The zero-order valence-corrected chi connectivity index (χ0v) is 16.2. The zero-order chi connectivity index (χ0) is 21.1. The van der Waals surface area contributed by atoms with Crippen LogP contribution in [0.1, 0.15) is 22.0 Å². The van der Waals surface area contributed by atoms with Crippen LogP contribution in [0.2, 0.25) is 0 Å². The van der Waals surface area contributed by atoms with Gasteiger partial charge in [0.15, 0.2) is 0 Å². The topological polar surface area (TPSA) is 106 Å². The molecule has 0 spiro atoms. The number of piperazine rings is 1. The molecule has 8 heteroatoms. The van der Waals surface area contributed by atoms with Gasteiger partial charge in [-0.25, -0.2) is 0 Å². The minimum Gasteiger partial charge on any atom is -0.480 e. The van der Waals surface area contributed by atoms with Crippen LogP contribution in [0.15, 0.2) is 54.7 Å². The van der Waals surface area contributed by atoms with Gasteiger partial charge in [0.05, 0.1) is 0 Å². The largest absolute Gasteiger partial charge is 0.480 e. The van der Waals surface area contributed by atoms with Crippen LogP contribution < -0.4 is 5.32 Å². The highest BCUT2D eigenvalue weighted by molar-refractivity contribution is 6.05. The first kappa shape index (κ1) is 19.7. The van der Waals surface area contributed by atoms with Gasteiger partial charge in [0.1, 0.15) is 6.04 Å². The molecule has 0 bridgehead atoms. The van der Waals surface area contributed by atoms with E-state index in [1.54, 1.807) is 47.5 Å². The Morgan fingerprint density at radius 2 is 1.80 bits per heavy atom. The van der Waals surface area contributed by atoms with E-state index in [0.717, 1.165) is 17.3 Å². The summed E-state index contributed by atoms with van der Waals surface area (Å²) in [5.41, 5.74) is 2.59. The van der Waals surface area contributed by atoms with Crippen LogP contribution in [-0.2, 0) is 9.59 Å². The third-order valence-electron chi connectivity index (χ3n) is 5.40. The van der Waals surface area contributed by atoms with E-state index in [1.807, 2.05) is 17.0 Å². The number of nitrogens with zero attached hydrogens (tertiary/aromatic N) is 2. The molecule has 0 saturated carbocycles. The Kier molecular flexibility index (Phi) is 5.49. The van der Waals surface area contributed by atoms with E-state index in [4.69, 9.17) is 0 Å². The number of nitrogens with one attached hydrogen (secondary N) is 2. The van der Waals surface area contributed by atoms with Crippen molar-refractivity contribution in [1.82, 2.24) is 14.8 Å². The van der Waals surface area contributed by atoms with E-state index in [-0.39, 0.29) is 5.91 Å². The molecule has 1 aliphatic rings. The van der Waals surface area contributed by atoms with Crippen LogP contribution in [0.5, 0.6) is 0 Å². The van der Waals surface area contributed by atoms with Crippen LogP contribution in [-0.4, -0.2) is 64.4 Å². The van der Waals surface area contributed by atoms with Gasteiger partial charge in [0, 0.05) is 60.1 Å². The molecular formula is C22H22N4O4. The van der Waals surface area contributed by atoms with Gasteiger partial charge in [-0.3, -0.25) is 19.3 Å². The number of aromatic amines is 1. The predicted octanol–water partition coefficient (Wildman–Crippen LogP) is 2.32. The van der Waals surface area contributed by atoms with Gasteiger partial charge < -0.3 is 20.3 Å². The number of carboxylic acids is 1. The maximum absolute atomic E-state index is 12.4. The summed E-state index contributed by atoms with van der Waals surface area (Å²) in [5, 5.41) is 13.5. The second-order valence-electron chi connectivity index (χ2n) is 7.24. The second-order valence-corrected chi connectivity index (χ2v) is 7.24. The first-order chi connectivity index (χ1) is 14.6. The Labute approximate surface area is 173 Å². The highest BCUT2D eigenvalue weighted by Gasteiger charge is 2.31. The van der Waals surface area contributed by atoms with Crippen LogP contribution in [0.25, 0.3) is 10.9 Å². The fourth-order valence-electron chi connectivity index (χ4n) is 3.83. The minimum absolute atomic E-state index is 0.210. The molecule has 1 aromatic heterocycles. The normalized spacial score (nSPS) is 15.7. The SMILES string of the molecule is O=CN1CCN(C(C(=O)O)c2c[nH]c3cc(NC(=O)c4ccccc4)ccc23)CC1. The van der Waals surface area contributed by atoms with Gasteiger partial charge in [-0.15, -0.1) is 0 Å². The highest BCUT2D eigenvalue weighted by atomic mass is 16.4. The molecule has 2 aromatic carbocycles. The Bertz CT molecular complexity index is 1070. The molecule has 3 aromatic rings. The summed E-state index contributed by atoms with van der Waals surface area (Å²) in [6.45, 7) is 2.00. The molecule has 2 amide bonds. The van der Waals surface area contributed by atoms with Gasteiger partial charge in [-0.05, 0) is 24.3 Å². The molecule has 1 fully saturated rings. The number of fused-ring (bicyclic) bond motifs is 1. The number of amides is 2. The fourth-order valence-corrected chi connectivity index (χ4v) is 3.83. The van der Waals surface area contributed by atoms with Crippen molar-refractivity contribution in [2.45, 2.75) is 6.04 Å². The van der Waals surface area contributed by atoms with Crippen molar-refractivity contribution in [3.05, 3.63) is 65.9 Å². The number of carbonyl (C=O) groups excluding carboxylic acids is 2. The number of anilines is 1. The lowest BCUT2D eigenvalue weighted by Crippen LogP contribution is -2.48. The first-order valence-electron chi connectivity index (χ1n) is 9.70. The monoisotopic (exact) mass is 406 g/mol. The van der Waals surface area contributed by atoms with E-state index in [9.17, 15) is 19.5 Å². The molecule has 4 rings (SSSR count). The van der Waals surface area contributed by atoms with Crippen molar-refractivity contribution >= 4 is 34.9 Å². The maximum atomic E-state index is 12.4. The Balaban J connectivity index is 1.57. The van der Waals surface area contributed by atoms with E-state index in [2.05, 4.69) is 10.3 Å². The Morgan fingerprint density at radius 1 is 1.07 bits per heavy atom. The lowest BCUT2D eigenvalue weighted by molar-refractivity contribution is -0.144. The van der Waals surface area contributed by atoms with Crippen molar-refractivity contribution in [3.63, 3.8) is 0 Å². The summed E-state index contributed by atoms with van der Waals surface area (Å²) < 4.78 is 0. The maximum Gasteiger partial charge on any atom is 0.325 e. The number of hydrogen-bond donors (Lipinski definition) is 3. The molecule has 1 atom stereocenters. The van der Waals surface area contributed by atoms with Gasteiger partial charge in [-0.1, -0.05) is 24.3 Å². The number of carbonyl (C=O) groups is 3. The molecule has 0 aliphatic carbocycles. The molecule has 2 heterocycles. The zero-order valence-electron chi connectivity index (χ0n) is 16.2. The summed E-state index contributed by atoms with van der Waals surface area (Å²) in [4.78, 5) is 42.0. The molecule has 1 unspecified atom stereocenters. The van der Waals surface area contributed by atoms with Gasteiger partial charge >= 0.3 is 5.97 Å². The van der Waals surface area contributed by atoms with Crippen LogP contribution in [0.3, 0.4) is 0 Å². The Morgan fingerprint density at radius 3 is 2.47 bits per heavy atom. The third-order valence-corrected chi connectivity index (χ3v) is 5.40. The van der Waals surface area contributed by atoms with Crippen molar-refractivity contribution in [1.29, 1.82) is 0 Å². The van der Waals surface area contributed by atoms with E-state index >= 15 is 0 Å². The average Bonchev–Trinajstić information content (AvgIpc) is 3.17. The number of aromatic nitrogens is 1. The molecule has 3 N–H and O–H groups in total. The fraction of sp³-hybridized carbons (Fsp3) is 0.227. The molecule has 1 aliphatic heterocycles. The van der Waals surface area contributed by atoms with Crippen molar-refractivity contribution < 1.29 is 19.5 Å². The smallest absolute Gasteiger partial charge is 0.325 e. The summed E-state index contributed by atoms with van der Waals surface area (Å²) in [6, 6.07) is 13.5. The number of carboxylic acid groups (broad SMARTS) is 1. The summed E-state index contributed by atoms with van der Waals surface area (Å²) in [5.74, 6) is -1.14. The number of rotatable bonds is 6. The van der Waals surface area contributed by atoms with Crippen LogP contribution in [0.4, 0.5) is 5.69 Å². The molecule has 1 saturated heterocycles. The molecule has 8 nitrogen and oxygen atoms in total. The lowest BCUT2D eigenvalue weighted by atomic mass is 10.0. The van der Waals surface area contributed by atoms with E-state index < -0.39 is 12.0 Å². The summed E-state index contributed by atoms with van der Waals surface area (Å²) >= 11 is 0. The molecular weight excluding hydrogens is 384 g/mol. The number of benzene rings is 2. The van der Waals surface area contributed by atoms with Crippen molar-refractivity contribution in [3.8, 4) is 0 Å². The molecule has 0 radical (unpaired) electrons. The molecule has 30 heavy (non-hydrogen) atoms. The second kappa shape index (κ2) is 8.38. The van der Waals surface area contributed by atoms with E-state index in [0.29, 0.717) is 43.0 Å². The standard InChI is InChI=1S/C22H22N4O4/c27-14-25-8-10-26(11-9-25)20(22(29)30)18-13-23-19-12-16(6-7-17(18)19)24-21(28)15-4-2-1-3-5-15/h1-7,12-14,20,23H,8-11H2,(H,24,28)(H,29,30). The number of aliphatic carboxylic acids is 1. The van der Waals surface area contributed by atoms with Gasteiger partial charge in [0.2, 0.25) is 6.41 Å². The number of hydrogen-bond acceptors (Lipinski definition) is 4. The summed E-state index contributed by atoms with van der Waals surface area (Å²) in [7, 11) is 0. The van der Waals surface area contributed by atoms with Crippen molar-refractivity contribution in [2.24, 2.45) is 0 Å². The molecule has 154 valence electrons. The predicted molar refractivity (Wildman–Crippen MR) is 112 cm³/mol. The first-order valence-corrected chi connectivity index (χ1v) is 9.70. The lowest BCUT2D eigenvalue weighted by Gasteiger charge is -2.36. The Hall–Kier alpha value is -3.65. The van der Waals surface area contributed by atoms with Crippen LogP contribution in [0, 0.1) is 0 Å². The van der Waals surface area contributed by atoms with Gasteiger partial charge in [-0.2, -0.15) is 0 Å².